The Hall–Kier alpha value is -1.45. The molecule has 1 atom stereocenters. The van der Waals surface area contributed by atoms with Crippen LogP contribution in [-0.4, -0.2) is 34.7 Å². The highest BCUT2D eigenvalue weighted by Gasteiger charge is 2.22. The van der Waals surface area contributed by atoms with Gasteiger partial charge in [0.2, 0.25) is 0 Å². The average molecular weight is 252 g/mol. The third kappa shape index (κ3) is 4.43. The number of hydrogen-bond acceptors (Lipinski definition) is 2. The van der Waals surface area contributed by atoms with E-state index in [9.17, 15) is 4.79 Å². The normalized spacial score (nSPS) is 13.2. The molecule has 0 aliphatic rings. The highest BCUT2D eigenvalue weighted by molar-refractivity contribution is 5.68. The van der Waals surface area contributed by atoms with Crippen LogP contribution in [0.2, 0.25) is 0 Å². The van der Waals surface area contributed by atoms with Crippen LogP contribution in [0.5, 0.6) is 0 Å². The number of nitrogens with one attached hydrogen (secondary N) is 1. The van der Waals surface area contributed by atoms with Crippen molar-refractivity contribution in [2.24, 2.45) is 0 Å². The molecular formula is C14H24N2O2. The number of aromatic nitrogens is 1. The standard InChI is InChI=1S/C14H24N2O2/c1-6-16(13(17)18-14(3,4)5)10-11(2)12-7-8-15-9-12/h7-9,11,15H,6,10H2,1-5H3. The molecule has 1 heterocycles. The fraction of sp³-hybridized carbons (Fsp3) is 0.643. The van der Waals surface area contributed by atoms with E-state index in [-0.39, 0.29) is 6.09 Å². The second-order valence-corrected chi connectivity index (χ2v) is 5.56. The first-order valence-corrected chi connectivity index (χ1v) is 6.44. The number of amides is 1. The molecule has 0 bridgehead atoms. The monoisotopic (exact) mass is 252 g/mol. The van der Waals surface area contributed by atoms with Gasteiger partial charge in [0.05, 0.1) is 0 Å². The molecular weight excluding hydrogens is 228 g/mol. The summed E-state index contributed by atoms with van der Waals surface area (Å²) in [6.07, 6.45) is 3.62. The van der Waals surface area contributed by atoms with Crippen molar-refractivity contribution in [3.8, 4) is 0 Å². The second-order valence-electron chi connectivity index (χ2n) is 5.56. The smallest absolute Gasteiger partial charge is 0.410 e. The van der Waals surface area contributed by atoms with Crippen LogP contribution in [0.4, 0.5) is 4.79 Å². The summed E-state index contributed by atoms with van der Waals surface area (Å²) in [5, 5.41) is 0. The molecule has 4 heteroatoms. The number of ether oxygens (including phenoxy) is 1. The van der Waals surface area contributed by atoms with Gasteiger partial charge in [-0.25, -0.2) is 4.79 Å². The second kappa shape index (κ2) is 5.94. The molecule has 0 fully saturated rings. The molecule has 0 spiro atoms. The van der Waals surface area contributed by atoms with E-state index in [0.29, 0.717) is 19.0 Å². The molecule has 102 valence electrons. The number of nitrogens with zero attached hydrogens (tertiary/aromatic N) is 1. The molecule has 1 N–H and O–H groups in total. The average Bonchev–Trinajstić information content (AvgIpc) is 2.76. The highest BCUT2D eigenvalue weighted by Crippen LogP contribution is 2.17. The van der Waals surface area contributed by atoms with Crippen molar-refractivity contribution in [3.05, 3.63) is 24.0 Å². The summed E-state index contributed by atoms with van der Waals surface area (Å²) in [6.45, 7) is 11.0. The number of carbonyl (C=O) groups excluding carboxylic acids is 1. The van der Waals surface area contributed by atoms with Crippen molar-refractivity contribution in [1.82, 2.24) is 9.88 Å². The number of H-pyrrole nitrogens is 1. The van der Waals surface area contributed by atoms with Gasteiger partial charge < -0.3 is 14.6 Å². The Morgan fingerprint density at radius 1 is 1.50 bits per heavy atom. The van der Waals surface area contributed by atoms with Crippen molar-refractivity contribution in [3.63, 3.8) is 0 Å². The first-order chi connectivity index (χ1) is 8.33. The molecule has 0 radical (unpaired) electrons. The molecule has 1 rings (SSSR count). The Morgan fingerprint density at radius 3 is 2.61 bits per heavy atom. The lowest BCUT2D eigenvalue weighted by molar-refractivity contribution is 0.0251. The Labute approximate surface area is 109 Å². The lowest BCUT2D eigenvalue weighted by Gasteiger charge is -2.28. The zero-order chi connectivity index (χ0) is 13.8. The van der Waals surface area contributed by atoms with Crippen LogP contribution in [0.15, 0.2) is 18.5 Å². The Kier molecular flexibility index (Phi) is 4.82. The summed E-state index contributed by atoms with van der Waals surface area (Å²) >= 11 is 0. The molecule has 0 aliphatic carbocycles. The van der Waals surface area contributed by atoms with E-state index in [1.807, 2.05) is 46.2 Å². The SMILES string of the molecule is CCN(CC(C)c1cc[nH]c1)C(=O)OC(C)(C)C. The van der Waals surface area contributed by atoms with Crippen molar-refractivity contribution in [2.75, 3.05) is 13.1 Å². The Balaban J connectivity index is 2.59. The summed E-state index contributed by atoms with van der Waals surface area (Å²) in [5.74, 6) is 0.295. The van der Waals surface area contributed by atoms with Crippen molar-refractivity contribution in [2.45, 2.75) is 46.1 Å². The van der Waals surface area contributed by atoms with E-state index < -0.39 is 5.60 Å². The molecule has 18 heavy (non-hydrogen) atoms. The Bertz CT molecular complexity index is 366. The van der Waals surface area contributed by atoms with Gasteiger partial charge in [-0.05, 0) is 39.3 Å². The van der Waals surface area contributed by atoms with Crippen molar-refractivity contribution < 1.29 is 9.53 Å². The summed E-state index contributed by atoms with van der Waals surface area (Å²) in [6, 6.07) is 2.04. The molecule has 1 unspecified atom stereocenters. The van der Waals surface area contributed by atoms with Gasteiger partial charge in [0.25, 0.3) is 0 Å². The summed E-state index contributed by atoms with van der Waals surface area (Å²) in [4.78, 5) is 16.8. The molecule has 0 saturated carbocycles. The third-order valence-corrected chi connectivity index (χ3v) is 2.72. The van der Waals surface area contributed by atoms with Crippen molar-refractivity contribution in [1.29, 1.82) is 0 Å². The topological polar surface area (TPSA) is 45.3 Å². The van der Waals surface area contributed by atoms with E-state index in [1.165, 1.54) is 5.56 Å². The lowest BCUT2D eigenvalue weighted by atomic mass is 10.0. The molecule has 1 amide bonds. The maximum atomic E-state index is 12.0. The van der Waals surface area contributed by atoms with Crippen molar-refractivity contribution >= 4 is 6.09 Å². The fourth-order valence-corrected chi connectivity index (χ4v) is 1.74. The number of rotatable bonds is 4. The first kappa shape index (κ1) is 14.6. The van der Waals surface area contributed by atoms with Gasteiger partial charge in [0.1, 0.15) is 5.60 Å². The van der Waals surface area contributed by atoms with Crippen LogP contribution in [0, 0.1) is 0 Å². The van der Waals surface area contributed by atoms with Crippen LogP contribution in [0.1, 0.15) is 46.1 Å². The van der Waals surface area contributed by atoms with Gasteiger partial charge in [-0.1, -0.05) is 6.92 Å². The first-order valence-electron chi connectivity index (χ1n) is 6.44. The fourth-order valence-electron chi connectivity index (χ4n) is 1.74. The zero-order valence-corrected chi connectivity index (χ0v) is 12.0. The summed E-state index contributed by atoms with van der Waals surface area (Å²) in [7, 11) is 0. The number of carbonyl (C=O) groups is 1. The van der Waals surface area contributed by atoms with E-state index in [2.05, 4.69) is 11.9 Å². The predicted molar refractivity (Wildman–Crippen MR) is 72.7 cm³/mol. The number of aromatic amines is 1. The molecule has 4 nitrogen and oxygen atoms in total. The number of hydrogen-bond donors (Lipinski definition) is 1. The highest BCUT2D eigenvalue weighted by atomic mass is 16.6. The minimum atomic E-state index is -0.443. The summed E-state index contributed by atoms with van der Waals surface area (Å²) in [5.41, 5.74) is 0.763. The van der Waals surface area contributed by atoms with Gasteiger partial charge in [0.15, 0.2) is 0 Å². The van der Waals surface area contributed by atoms with E-state index in [1.54, 1.807) is 4.90 Å². The van der Waals surface area contributed by atoms with Crippen LogP contribution in [-0.2, 0) is 4.74 Å². The lowest BCUT2D eigenvalue weighted by Crippen LogP contribution is -2.38. The van der Waals surface area contributed by atoms with Crippen LogP contribution >= 0.6 is 0 Å². The number of likely N-dealkylation sites (N-methyl/N-ethyl adjacent to an activating group) is 1. The molecule has 1 aromatic rings. The van der Waals surface area contributed by atoms with Gasteiger partial charge in [-0.3, -0.25) is 0 Å². The van der Waals surface area contributed by atoms with Gasteiger partial charge in [-0.15, -0.1) is 0 Å². The van der Waals surface area contributed by atoms with E-state index in [0.717, 1.165) is 0 Å². The van der Waals surface area contributed by atoms with Crippen LogP contribution in [0.25, 0.3) is 0 Å². The third-order valence-electron chi connectivity index (χ3n) is 2.72. The van der Waals surface area contributed by atoms with Gasteiger partial charge in [0, 0.05) is 31.4 Å². The summed E-state index contributed by atoms with van der Waals surface area (Å²) < 4.78 is 5.39. The quantitative estimate of drug-likeness (QED) is 0.893. The largest absolute Gasteiger partial charge is 0.444 e. The minimum absolute atomic E-state index is 0.243. The Morgan fingerprint density at radius 2 is 2.17 bits per heavy atom. The van der Waals surface area contributed by atoms with Crippen LogP contribution < -0.4 is 0 Å². The van der Waals surface area contributed by atoms with Gasteiger partial charge >= 0.3 is 6.09 Å². The molecule has 1 aromatic heterocycles. The molecule has 0 aromatic carbocycles. The zero-order valence-electron chi connectivity index (χ0n) is 12.0. The maximum Gasteiger partial charge on any atom is 0.410 e. The van der Waals surface area contributed by atoms with Gasteiger partial charge in [-0.2, -0.15) is 0 Å². The van der Waals surface area contributed by atoms with Crippen LogP contribution in [0.3, 0.4) is 0 Å². The van der Waals surface area contributed by atoms with E-state index in [4.69, 9.17) is 4.74 Å². The minimum Gasteiger partial charge on any atom is -0.444 e. The predicted octanol–water partition coefficient (Wildman–Crippen LogP) is 3.38. The molecule has 0 aliphatic heterocycles. The molecule has 0 saturated heterocycles. The van der Waals surface area contributed by atoms with E-state index >= 15 is 0 Å². The maximum absolute atomic E-state index is 12.0.